The average Bonchev–Trinajstić information content (AvgIpc) is 3.46. The van der Waals surface area contributed by atoms with Crippen molar-refractivity contribution in [1.82, 2.24) is 9.97 Å². The quantitative estimate of drug-likeness (QED) is 0.408. The van der Waals surface area contributed by atoms with Crippen molar-refractivity contribution in [2.75, 3.05) is 42.5 Å². The first-order valence-electron chi connectivity index (χ1n) is 13.8. The Morgan fingerprint density at radius 3 is 2.56 bits per heavy atom. The van der Waals surface area contributed by atoms with Gasteiger partial charge in [0.05, 0.1) is 43.9 Å². The molecule has 3 aromatic rings. The van der Waals surface area contributed by atoms with Crippen LogP contribution in [0.1, 0.15) is 29.5 Å². The van der Waals surface area contributed by atoms with Crippen molar-refractivity contribution in [2.45, 2.75) is 39.3 Å². The Bertz CT molecular complexity index is 1510. The number of benzene rings is 2. The van der Waals surface area contributed by atoms with Crippen LogP contribution in [-0.2, 0) is 11.3 Å². The van der Waals surface area contributed by atoms with E-state index in [1.165, 1.54) is 0 Å². The Hall–Kier alpha value is -4.44. The van der Waals surface area contributed by atoms with Gasteiger partial charge in [0.25, 0.3) is 0 Å². The van der Waals surface area contributed by atoms with Crippen LogP contribution in [-0.4, -0.2) is 55.7 Å². The molecule has 3 aliphatic rings. The zero-order valence-corrected chi connectivity index (χ0v) is 23.8. The van der Waals surface area contributed by atoms with Crippen LogP contribution in [0.3, 0.4) is 0 Å². The summed E-state index contributed by atoms with van der Waals surface area (Å²) >= 11 is 0. The number of aliphatic imine (C=N–C) groups is 1. The van der Waals surface area contributed by atoms with E-state index in [9.17, 15) is 4.79 Å². The fourth-order valence-corrected chi connectivity index (χ4v) is 5.76. The zero-order chi connectivity index (χ0) is 28.5. The molecule has 0 aliphatic carbocycles. The summed E-state index contributed by atoms with van der Waals surface area (Å²) < 4.78 is 16.6. The van der Waals surface area contributed by atoms with Gasteiger partial charge in [-0.15, -0.1) is 0 Å². The average molecular weight is 555 g/mol. The van der Waals surface area contributed by atoms with E-state index in [0.717, 1.165) is 54.1 Å². The normalized spacial score (nSPS) is 18.8. The summed E-state index contributed by atoms with van der Waals surface area (Å²) in [4.78, 5) is 31.9. The molecular weight excluding hydrogens is 520 g/mol. The minimum atomic E-state index is -0.232. The second-order valence-corrected chi connectivity index (χ2v) is 10.5. The highest BCUT2D eigenvalue weighted by Crippen LogP contribution is 2.42. The molecule has 0 bridgehead atoms. The number of allylic oxidation sites excluding steroid dienone is 1. The molecule has 212 valence electrons. The predicted molar refractivity (Wildman–Crippen MR) is 159 cm³/mol. The lowest BCUT2D eigenvalue weighted by atomic mass is 9.92. The summed E-state index contributed by atoms with van der Waals surface area (Å²) in [6, 6.07) is 11.3. The van der Waals surface area contributed by atoms with Gasteiger partial charge >= 0.3 is 6.03 Å². The Balaban J connectivity index is 1.39. The number of methoxy groups -OCH3 is 2. The molecule has 1 unspecified atom stereocenters. The number of urea groups is 1. The molecule has 0 radical (unpaired) electrons. The van der Waals surface area contributed by atoms with E-state index in [1.807, 2.05) is 44.3 Å². The molecule has 4 heterocycles. The number of aromatic nitrogens is 2. The highest BCUT2D eigenvalue weighted by Gasteiger charge is 2.37. The maximum absolute atomic E-state index is 14.3. The predicted octanol–water partition coefficient (Wildman–Crippen LogP) is 5.56. The number of hydrogen-bond acceptors (Lipinski definition) is 8. The van der Waals surface area contributed by atoms with E-state index in [2.05, 4.69) is 16.4 Å². The van der Waals surface area contributed by atoms with Gasteiger partial charge < -0.3 is 19.5 Å². The molecule has 1 saturated heterocycles. The van der Waals surface area contributed by atoms with Crippen LogP contribution >= 0.6 is 0 Å². The summed E-state index contributed by atoms with van der Waals surface area (Å²) in [6.45, 7) is 5.91. The summed E-state index contributed by atoms with van der Waals surface area (Å²) in [5.41, 5.74) is 5.10. The lowest BCUT2D eigenvalue weighted by Crippen LogP contribution is -2.46. The van der Waals surface area contributed by atoms with Gasteiger partial charge in [-0.05, 0) is 61.9 Å². The number of hydrogen-bond donors (Lipinski definition) is 1. The van der Waals surface area contributed by atoms with Crippen molar-refractivity contribution in [2.24, 2.45) is 10.9 Å². The third kappa shape index (κ3) is 5.11. The topological polar surface area (TPSA) is 101 Å². The number of ether oxygens (including phenoxy) is 3. The fraction of sp³-hybridized carbons (Fsp3) is 0.355. The van der Waals surface area contributed by atoms with Gasteiger partial charge in [-0.2, -0.15) is 4.98 Å². The molecule has 1 fully saturated rings. The van der Waals surface area contributed by atoms with Crippen LogP contribution in [0.2, 0.25) is 0 Å². The second-order valence-electron chi connectivity index (χ2n) is 10.5. The molecule has 41 heavy (non-hydrogen) atoms. The first kappa shape index (κ1) is 26.8. The molecule has 0 saturated carbocycles. The van der Waals surface area contributed by atoms with Gasteiger partial charge in [0.2, 0.25) is 5.95 Å². The molecule has 2 aromatic carbocycles. The molecule has 2 amide bonds. The van der Waals surface area contributed by atoms with Crippen molar-refractivity contribution < 1.29 is 19.0 Å². The number of rotatable bonds is 7. The number of amides is 2. The van der Waals surface area contributed by atoms with Crippen molar-refractivity contribution >= 4 is 35.4 Å². The first-order chi connectivity index (χ1) is 20.0. The van der Waals surface area contributed by atoms with Crippen LogP contribution in [0.4, 0.5) is 27.9 Å². The Kier molecular flexibility index (Phi) is 7.32. The van der Waals surface area contributed by atoms with Gasteiger partial charge in [-0.1, -0.05) is 18.2 Å². The summed E-state index contributed by atoms with van der Waals surface area (Å²) in [5.74, 6) is 2.47. The molecule has 1 atom stereocenters. The third-order valence-electron chi connectivity index (χ3n) is 7.88. The Labute approximate surface area is 239 Å². The Morgan fingerprint density at radius 1 is 1.05 bits per heavy atom. The van der Waals surface area contributed by atoms with Crippen LogP contribution in [0.5, 0.6) is 11.5 Å². The van der Waals surface area contributed by atoms with E-state index in [-0.39, 0.29) is 12.1 Å². The van der Waals surface area contributed by atoms with Crippen LogP contribution in [0.25, 0.3) is 0 Å². The highest BCUT2D eigenvalue weighted by atomic mass is 16.5. The van der Waals surface area contributed by atoms with E-state index in [1.54, 1.807) is 42.3 Å². The molecule has 1 N–H and O–H groups in total. The van der Waals surface area contributed by atoms with E-state index in [4.69, 9.17) is 24.2 Å². The number of fused-ring (bicyclic) bond motifs is 1. The van der Waals surface area contributed by atoms with E-state index < -0.39 is 0 Å². The number of nitrogens with zero attached hydrogens (tertiary/aromatic N) is 5. The van der Waals surface area contributed by atoms with Crippen molar-refractivity contribution in [1.29, 1.82) is 0 Å². The van der Waals surface area contributed by atoms with Crippen molar-refractivity contribution in [3.63, 3.8) is 0 Å². The molecule has 1 aromatic heterocycles. The number of carbonyl (C=O) groups is 1. The summed E-state index contributed by atoms with van der Waals surface area (Å²) in [6.07, 6.45) is 7.73. The number of para-hydroxylation sites is 1. The maximum Gasteiger partial charge on any atom is 0.335 e. The molecular formula is C31H34N6O4. The van der Waals surface area contributed by atoms with Crippen LogP contribution < -0.4 is 24.6 Å². The third-order valence-corrected chi connectivity index (χ3v) is 7.88. The number of nitrogens with one attached hydrogen (secondary N) is 1. The molecule has 10 nitrogen and oxygen atoms in total. The lowest BCUT2D eigenvalue weighted by molar-refractivity contribution is 0.0633. The number of aryl methyl sites for hydroxylation is 2. The van der Waals surface area contributed by atoms with Crippen LogP contribution in [0.15, 0.2) is 59.4 Å². The van der Waals surface area contributed by atoms with Gasteiger partial charge in [-0.25, -0.2) is 14.7 Å². The zero-order valence-electron chi connectivity index (χ0n) is 23.8. The summed E-state index contributed by atoms with van der Waals surface area (Å²) in [7, 11) is 3.17. The van der Waals surface area contributed by atoms with Gasteiger partial charge in [0.1, 0.15) is 11.5 Å². The highest BCUT2D eigenvalue weighted by molar-refractivity contribution is 6.11. The molecule has 6 rings (SSSR count). The largest absolute Gasteiger partial charge is 0.497 e. The van der Waals surface area contributed by atoms with Gasteiger partial charge in [-0.3, -0.25) is 9.89 Å². The monoisotopic (exact) mass is 554 g/mol. The molecule has 0 spiro atoms. The minimum Gasteiger partial charge on any atom is -0.497 e. The van der Waals surface area contributed by atoms with Crippen LogP contribution in [0, 0.1) is 19.8 Å². The van der Waals surface area contributed by atoms with E-state index in [0.29, 0.717) is 41.4 Å². The van der Waals surface area contributed by atoms with Crippen molar-refractivity contribution in [3.05, 3.63) is 71.1 Å². The fourth-order valence-electron chi connectivity index (χ4n) is 5.76. The second kappa shape index (κ2) is 11.2. The maximum atomic E-state index is 14.3. The van der Waals surface area contributed by atoms with E-state index >= 15 is 0 Å². The van der Waals surface area contributed by atoms with Crippen molar-refractivity contribution in [3.8, 4) is 11.5 Å². The smallest absolute Gasteiger partial charge is 0.335 e. The van der Waals surface area contributed by atoms with Gasteiger partial charge in [0, 0.05) is 37.3 Å². The number of anilines is 4. The molecule has 3 aliphatic heterocycles. The standard InChI is InChI=1S/C31H34N6O4/c1-19-6-5-7-20(2)28(19)36-18-22-16-33-30(34-23-14-25(32-17-23)21-10-12-41-13-11-21)35-29(22)37(31(36)38)26-9-8-24(39-3)15-27(26)40-4/h5-9,14-17,21,25H,10-13,18H2,1-4H3,(H,33,34,35). The van der Waals surface area contributed by atoms with Gasteiger partial charge in [0.15, 0.2) is 5.82 Å². The number of carbonyl (C=O) groups excluding carboxylic acids is 1. The Morgan fingerprint density at radius 2 is 1.83 bits per heavy atom. The lowest BCUT2D eigenvalue weighted by Gasteiger charge is -2.37. The summed E-state index contributed by atoms with van der Waals surface area (Å²) in [5, 5.41) is 3.31. The SMILES string of the molecule is COc1ccc(N2C(=O)N(c3c(C)cccc3C)Cc3cnc(NC4=CC(C5CCOCC5)N=C4)nc32)c(OC)c1. The first-order valence-corrected chi connectivity index (χ1v) is 13.8. The molecule has 10 heteroatoms. The minimum absolute atomic E-state index is 0.117.